The van der Waals surface area contributed by atoms with Crippen molar-refractivity contribution in [2.75, 3.05) is 26.4 Å². The van der Waals surface area contributed by atoms with Gasteiger partial charge in [0.15, 0.2) is 0 Å². The highest BCUT2D eigenvalue weighted by atomic mass is 16.5. The molecule has 32 heavy (non-hydrogen) atoms. The van der Waals surface area contributed by atoms with Crippen molar-refractivity contribution >= 4 is 17.7 Å². The minimum absolute atomic E-state index is 0.180. The molecule has 0 N–H and O–H groups in total. The number of hydrogen-bond acceptors (Lipinski definition) is 6. The number of carbonyl (C=O) groups excluding carboxylic acids is 3. The van der Waals surface area contributed by atoms with E-state index in [1.807, 2.05) is 0 Å². The molecule has 4 bridgehead atoms. The molecule has 2 atom stereocenters. The normalized spacial score (nSPS) is 30.0. The van der Waals surface area contributed by atoms with Gasteiger partial charge in [0.1, 0.15) is 11.7 Å². The first kappa shape index (κ1) is 25.2. The van der Waals surface area contributed by atoms with Crippen LogP contribution in [0.1, 0.15) is 85.0 Å². The van der Waals surface area contributed by atoms with Crippen LogP contribution in [0.5, 0.6) is 0 Å². The number of ether oxygens (including phenoxy) is 3. The zero-order chi connectivity index (χ0) is 23.1. The summed E-state index contributed by atoms with van der Waals surface area (Å²) >= 11 is 0. The lowest BCUT2D eigenvalue weighted by molar-refractivity contribution is -0.163. The second kappa shape index (κ2) is 11.6. The van der Waals surface area contributed by atoms with Gasteiger partial charge in [-0.15, -0.1) is 0 Å². The molecule has 4 aliphatic carbocycles. The van der Waals surface area contributed by atoms with E-state index < -0.39 is 23.8 Å². The number of Topliss-reactive ketones (excluding diaryl/α,β-unsaturated/α-hetero) is 1. The van der Waals surface area contributed by atoms with Gasteiger partial charge in [0, 0.05) is 6.61 Å². The van der Waals surface area contributed by atoms with E-state index in [-0.39, 0.29) is 19.0 Å². The highest BCUT2D eigenvalue weighted by molar-refractivity contribution is 6.01. The quantitative estimate of drug-likeness (QED) is 0.216. The number of carbonyl (C=O) groups is 3. The van der Waals surface area contributed by atoms with Crippen LogP contribution in [0.15, 0.2) is 0 Å². The summed E-state index contributed by atoms with van der Waals surface area (Å²) < 4.78 is 16.3. The van der Waals surface area contributed by atoms with Crippen LogP contribution >= 0.6 is 0 Å². The fourth-order valence-electron chi connectivity index (χ4n) is 7.02. The lowest BCUT2D eigenvalue weighted by Crippen LogP contribution is -2.48. The van der Waals surface area contributed by atoms with Gasteiger partial charge in [0.2, 0.25) is 0 Å². The van der Waals surface area contributed by atoms with Crippen molar-refractivity contribution in [2.45, 2.75) is 85.0 Å². The highest BCUT2D eigenvalue weighted by Crippen LogP contribution is 2.60. The van der Waals surface area contributed by atoms with Crippen LogP contribution in [0.25, 0.3) is 0 Å². The Balaban J connectivity index is 1.40. The molecule has 0 amide bonds. The Bertz CT molecular complexity index is 621. The van der Waals surface area contributed by atoms with Crippen LogP contribution in [-0.2, 0) is 28.6 Å². The zero-order valence-corrected chi connectivity index (χ0v) is 20.2. The monoisotopic (exact) mass is 450 g/mol. The highest BCUT2D eigenvalue weighted by Gasteiger charge is 2.50. The van der Waals surface area contributed by atoms with Crippen molar-refractivity contribution in [1.29, 1.82) is 0 Å². The maximum absolute atomic E-state index is 12.5. The van der Waals surface area contributed by atoms with Crippen molar-refractivity contribution in [3.05, 3.63) is 0 Å². The Morgan fingerprint density at radius 1 is 0.844 bits per heavy atom. The third-order valence-electron chi connectivity index (χ3n) is 7.85. The van der Waals surface area contributed by atoms with Gasteiger partial charge in [-0.1, -0.05) is 12.8 Å². The summed E-state index contributed by atoms with van der Waals surface area (Å²) in [5, 5.41) is 0. The third kappa shape index (κ3) is 6.33. The Hall–Kier alpha value is -1.43. The molecule has 0 aromatic rings. The van der Waals surface area contributed by atoms with E-state index in [9.17, 15) is 14.4 Å². The molecule has 4 rings (SSSR count). The Morgan fingerprint density at radius 2 is 1.41 bits per heavy atom. The lowest BCUT2D eigenvalue weighted by atomic mass is 9.50. The van der Waals surface area contributed by atoms with Gasteiger partial charge in [-0.3, -0.25) is 14.4 Å². The molecule has 0 radical (unpaired) electrons. The summed E-state index contributed by atoms with van der Waals surface area (Å²) in [4.78, 5) is 36.9. The van der Waals surface area contributed by atoms with Crippen LogP contribution in [0, 0.1) is 35.0 Å². The number of hydrogen-bond donors (Lipinski definition) is 0. The maximum Gasteiger partial charge on any atom is 0.317 e. The molecule has 0 aliphatic heterocycles. The molecule has 0 saturated heterocycles. The molecule has 6 heteroatoms. The van der Waals surface area contributed by atoms with Gasteiger partial charge >= 0.3 is 11.9 Å². The van der Waals surface area contributed by atoms with Gasteiger partial charge in [-0.05, 0) is 95.3 Å². The molecule has 182 valence electrons. The number of rotatable bonds is 14. The fourth-order valence-corrected chi connectivity index (χ4v) is 7.02. The predicted molar refractivity (Wildman–Crippen MR) is 121 cm³/mol. The number of esters is 2. The van der Waals surface area contributed by atoms with Crippen molar-refractivity contribution in [2.24, 2.45) is 35.0 Å². The molecule has 4 saturated carbocycles. The SMILES string of the molecule is CCOC(=O)C(CCCCCOCC12CC3CC(CC(C3)C1)C2)[C@H](C(C)=O)C(=O)OCC. The molecule has 0 aromatic carbocycles. The van der Waals surface area contributed by atoms with Crippen LogP contribution < -0.4 is 0 Å². The number of unbranched alkanes of at least 4 members (excludes halogenated alkanes) is 2. The Labute approximate surface area is 193 Å². The first-order valence-electron chi connectivity index (χ1n) is 12.8. The van der Waals surface area contributed by atoms with Gasteiger partial charge in [-0.25, -0.2) is 0 Å². The Morgan fingerprint density at radius 3 is 1.94 bits per heavy atom. The molecule has 0 aromatic heterocycles. The van der Waals surface area contributed by atoms with Gasteiger partial charge < -0.3 is 14.2 Å². The summed E-state index contributed by atoms with van der Waals surface area (Å²) in [6, 6.07) is 0. The smallest absolute Gasteiger partial charge is 0.317 e. The maximum atomic E-state index is 12.5. The van der Waals surface area contributed by atoms with E-state index in [0.717, 1.165) is 50.2 Å². The molecular formula is C26H42O6. The first-order chi connectivity index (χ1) is 15.4. The molecule has 6 nitrogen and oxygen atoms in total. The summed E-state index contributed by atoms with van der Waals surface area (Å²) in [6.45, 7) is 6.80. The van der Waals surface area contributed by atoms with Crippen molar-refractivity contribution < 1.29 is 28.6 Å². The van der Waals surface area contributed by atoms with Crippen LogP contribution in [0.2, 0.25) is 0 Å². The molecule has 0 heterocycles. The largest absolute Gasteiger partial charge is 0.466 e. The van der Waals surface area contributed by atoms with Gasteiger partial charge in [0.25, 0.3) is 0 Å². The van der Waals surface area contributed by atoms with Gasteiger partial charge in [0.05, 0.1) is 25.7 Å². The van der Waals surface area contributed by atoms with E-state index in [1.54, 1.807) is 13.8 Å². The third-order valence-corrected chi connectivity index (χ3v) is 7.85. The molecule has 1 unspecified atom stereocenters. The molecule has 0 spiro atoms. The minimum Gasteiger partial charge on any atom is -0.466 e. The van der Waals surface area contributed by atoms with Crippen molar-refractivity contribution in [3.8, 4) is 0 Å². The van der Waals surface area contributed by atoms with E-state index in [4.69, 9.17) is 14.2 Å². The fraction of sp³-hybridized carbons (Fsp3) is 0.885. The van der Waals surface area contributed by atoms with Crippen LogP contribution in [0.3, 0.4) is 0 Å². The first-order valence-corrected chi connectivity index (χ1v) is 12.8. The average molecular weight is 451 g/mol. The van der Waals surface area contributed by atoms with Crippen molar-refractivity contribution in [3.63, 3.8) is 0 Å². The summed E-state index contributed by atoms with van der Waals surface area (Å²) in [6.07, 6.45) is 11.4. The van der Waals surface area contributed by atoms with Crippen LogP contribution in [-0.4, -0.2) is 44.1 Å². The predicted octanol–water partition coefficient (Wildman–Crippen LogP) is 4.73. The van der Waals surface area contributed by atoms with E-state index in [0.29, 0.717) is 11.8 Å². The minimum atomic E-state index is -1.08. The number of ketones is 1. The summed E-state index contributed by atoms with van der Waals surface area (Å²) in [5.74, 6) is -0.494. The topological polar surface area (TPSA) is 78.9 Å². The average Bonchev–Trinajstić information content (AvgIpc) is 2.71. The Kier molecular flexibility index (Phi) is 9.15. The molecule has 4 aliphatic rings. The standard InChI is InChI=1S/C26H42O6/c1-4-31-24(28)22(23(18(3)27)25(29)32-5-2)9-7-6-8-10-30-17-26-14-19-11-20(15-26)13-21(12-19)16-26/h19-23H,4-17H2,1-3H3/t19?,20?,21?,22?,23-,26?/m0/s1. The van der Waals surface area contributed by atoms with Crippen LogP contribution in [0.4, 0.5) is 0 Å². The van der Waals surface area contributed by atoms with Crippen molar-refractivity contribution in [1.82, 2.24) is 0 Å². The second-order valence-electron chi connectivity index (χ2n) is 10.5. The van der Waals surface area contributed by atoms with E-state index in [1.165, 1.54) is 45.4 Å². The molecule has 4 fully saturated rings. The van der Waals surface area contributed by atoms with E-state index >= 15 is 0 Å². The zero-order valence-electron chi connectivity index (χ0n) is 20.2. The summed E-state index contributed by atoms with van der Waals surface area (Å²) in [7, 11) is 0. The molecular weight excluding hydrogens is 408 g/mol. The van der Waals surface area contributed by atoms with Gasteiger partial charge in [-0.2, -0.15) is 0 Å². The lowest BCUT2D eigenvalue weighted by Gasteiger charge is -2.56. The van der Waals surface area contributed by atoms with E-state index in [2.05, 4.69) is 0 Å². The summed E-state index contributed by atoms with van der Waals surface area (Å²) in [5.41, 5.74) is 0.443. The second-order valence-corrected chi connectivity index (χ2v) is 10.5.